The van der Waals surface area contributed by atoms with Crippen LogP contribution in [0, 0.1) is 6.92 Å². The van der Waals surface area contributed by atoms with Gasteiger partial charge in [-0.3, -0.25) is 9.69 Å². The number of H-pyrrole nitrogens is 1. The minimum atomic E-state index is -0.0129. The van der Waals surface area contributed by atoms with Crippen molar-refractivity contribution in [3.63, 3.8) is 0 Å². The molecule has 8 nitrogen and oxygen atoms in total. The summed E-state index contributed by atoms with van der Waals surface area (Å²) in [5.74, 6) is 0.846. The second-order valence-corrected chi connectivity index (χ2v) is 9.32. The van der Waals surface area contributed by atoms with Gasteiger partial charge < -0.3 is 9.72 Å². The molecule has 0 radical (unpaired) electrons. The van der Waals surface area contributed by atoms with Gasteiger partial charge in [0.1, 0.15) is 0 Å². The third-order valence-corrected chi connectivity index (χ3v) is 6.89. The lowest BCUT2D eigenvalue weighted by Crippen LogP contribution is -2.38. The van der Waals surface area contributed by atoms with Crippen molar-refractivity contribution < 1.29 is 4.74 Å². The molecule has 3 aromatic rings. The zero-order valence-corrected chi connectivity index (χ0v) is 18.8. The highest BCUT2D eigenvalue weighted by molar-refractivity contribution is 5.79. The highest BCUT2D eigenvalue weighted by Gasteiger charge is 2.25. The third-order valence-electron chi connectivity index (χ3n) is 6.89. The molecule has 170 valence electrons. The van der Waals surface area contributed by atoms with Gasteiger partial charge in [0.15, 0.2) is 5.82 Å². The average molecular weight is 437 g/mol. The van der Waals surface area contributed by atoms with Crippen molar-refractivity contribution in [3.05, 3.63) is 51.6 Å². The van der Waals surface area contributed by atoms with Crippen molar-refractivity contribution in [1.29, 1.82) is 0 Å². The summed E-state index contributed by atoms with van der Waals surface area (Å²) in [6.07, 6.45) is 8.39. The molecular formula is C24H32N6O2. The van der Waals surface area contributed by atoms with Crippen molar-refractivity contribution >= 4 is 10.9 Å². The predicted octanol–water partition coefficient (Wildman–Crippen LogP) is 3.34. The van der Waals surface area contributed by atoms with Gasteiger partial charge in [-0.1, -0.05) is 30.9 Å². The van der Waals surface area contributed by atoms with Gasteiger partial charge in [0, 0.05) is 30.3 Å². The van der Waals surface area contributed by atoms with E-state index in [4.69, 9.17) is 4.74 Å². The number of hydrogen-bond acceptors (Lipinski definition) is 6. The van der Waals surface area contributed by atoms with Gasteiger partial charge in [-0.2, -0.15) is 0 Å². The standard InChI is InChI=1S/C24H32N6O2/c1-17-9-10-22-18(12-17)13-19(24(31)25-22)14-29(20-6-3-2-4-7-20)16-23-26-27-28-30(23)15-21-8-5-11-32-21/h9-10,12-13,20-21H,2-8,11,14-16H2,1H3,(H,25,31)/t21-/m1/s1. The number of benzene rings is 1. The van der Waals surface area contributed by atoms with Gasteiger partial charge in [-0.25, -0.2) is 4.68 Å². The first-order valence-electron chi connectivity index (χ1n) is 11.9. The maximum absolute atomic E-state index is 12.9. The molecule has 0 bridgehead atoms. The summed E-state index contributed by atoms with van der Waals surface area (Å²) in [5, 5.41) is 13.6. The van der Waals surface area contributed by atoms with Crippen molar-refractivity contribution in [2.75, 3.05) is 6.61 Å². The van der Waals surface area contributed by atoms with Gasteiger partial charge in [-0.15, -0.1) is 5.10 Å². The lowest BCUT2D eigenvalue weighted by molar-refractivity contribution is 0.0893. The summed E-state index contributed by atoms with van der Waals surface area (Å²) < 4.78 is 7.68. The first kappa shape index (κ1) is 21.3. The molecule has 8 heteroatoms. The number of ether oxygens (including phenoxy) is 1. The average Bonchev–Trinajstić information content (AvgIpc) is 3.47. The van der Waals surface area contributed by atoms with E-state index in [0.29, 0.717) is 25.7 Å². The summed E-state index contributed by atoms with van der Waals surface area (Å²) in [7, 11) is 0. The van der Waals surface area contributed by atoms with Crippen molar-refractivity contribution in [1.82, 2.24) is 30.1 Å². The molecular weight excluding hydrogens is 404 g/mol. The van der Waals surface area contributed by atoms with E-state index >= 15 is 0 Å². The Kier molecular flexibility index (Phi) is 6.32. The smallest absolute Gasteiger partial charge is 0.252 e. The van der Waals surface area contributed by atoms with E-state index in [9.17, 15) is 4.79 Å². The number of nitrogens with zero attached hydrogens (tertiary/aromatic N) is 5. The van der Waals surface area contributed by atoms with Crippen LogP contribution in [-0.4, -0.2) is 48.8 Å². The SMILES string of the molecule is Cc1ccc2[nH]c(=O)c(CN(Cc3nnnn3C[C@H]3CCCO3)C3CCCCC3)cc2c1. The molecule has 0 amide bonds. The number of pyridine rings is 1. The van der Waals surface area contributed by atoms with Crippen LogP contribution < -0.4 is 5.56 Å². The molecule has 2 aromatic heterocycles. The minimum absolute atomic E-state index is 0.0129. The third kappa shape index (κ3) is 4.76. The fourth-order valence-electron chi connectivity index (χ4n) is 5.11. The number of aryl methyl sites for hydroxylation is 1. The number of nitrogens with one attached hydrogen (secondary N) is 1. The van der Waals surface area contributed by atoms with E-state index in [0.717, 1.165) is 54.6 Å². The molecule has 0 unspecified atom stereocenters. The lowest BCUT2D eigenvalue weighted by Gasteiger charge is -2.34. The maximum atomic E-state index is 12.9. The number of aromatic nitrogens is 5. The van der Waals surface area contributed by atoms with Gasteiger partial charge in [-0.05, 0) is 66.6 Å². The second-order valence-electron chi connectivity index (χ2n) is 9.32. The molecule has 1 aliphatic heterocycles. The summed E-state index contributed by atoms with van der Waals surface area (Å²) in [5.41, 5.74) is 2.86. The Bertz CT molecular complexity index is 1110. The first-order chi connectivity index (χ1) is 15.7. The molecule has 0 spiro atoms. The highest BCUT2D eigenvalue weighted by Crippen LogP contribution is 2.26. The van der Waals surface area contributed by atoms with Crippen LogP contribution in [0.15, 0.2) is 29.1 Å². The molecule has 3 heterocycles. The van der Waals surface area contributed by atoms with Crippen LogP contribution in [0.1, 0.15) is 61.9 Å². The van der Waals surface area contributed by atoms with Crippen molar-refractivity contribution in [3.8, 4) is 0 Å². The monoisotopic (exact) mass is 436 g/mol. The number of tetrazole rings is 1. The van der Waals surface area contributed by atoms with Gasteiger partial charge in [0.05, 0.1) is 19.2 Å². The topological polar surface area (TPSA) is 88.9 Å². The predicted molar refractivity (Wildman–Crippen MR) is 122 cm³/mol. The van der Waals surface area contributed by atoms with Crippen LogP contribution in [0.4, 0.5) is 0 Å². The first-order valence-corrected chi connectivity index (χ1v) is 11.9. The molecule has 2 fully saturated rings. The van der Waals surface area contributed by atoms with Crippen LogP contribution >= 0.6 is 0 Å². The molecule has 1 aliphatic carbocycles. The van der Waals surface area contributed by atoms with Crippen molar-refractivity contribution in [2.45, 2.75) is 83.6 Å². The van der Waals surface area contributed by atoms with E-state index in [-0.39, 0.29) is 11.7 Å². The van der Waals surface area contributed by atoms with Gasteiger partial charge >= 0.3 is 0 Å². The van der Waals surface area contributed by atoms with E-state index in [1.165, 1.54) is 24.8 Å². The molecule has 1 N–H and O–H groups in total. The van der Waals surface area contributed by atoms with Crippen LogP contribution in [0.5, 0.6) is 0 Å². The molecule has 1 atom stereocenters. The fraction of sp³-hybridized carbons (Fsp3) is 0.583. The lowest BCUT2D eigenvalue weighted by atomic mass is 9.93. The summed E-state index contributed by atoms with van der Waals surface area (Å²) >= 11 is 0. The van der Waals surface area contributed by atoms with Crippen LogP contribution in [0.3, 0.4) is 0 Å². The quantitative estimate of drug-likeness (QED) is 0.611. The Labute approximate surface area is 188 Å². The largest absolute Gasteiger partial charge is 0.376 e. The van der Waals surface area contributed by atoms with E-state index in [1.54, 1.807) is 0 Å². The summed E-state index contributed by atoms with van der Waals surface area (Å²) in [6, 6.07) is 8.62. The Balaban J connectivity index is 1.41. The van der Waals surface area contributed by atoms with E-state index < -0.39 is 0 Å². The summed E-state index contributed by atoms with van der Waals surface area (Å²) in [4.78, 5) is 18.4. The number of hydrogen-bond donors (Lipinski definition) is 1. The molecule has 1 saturated carbocycles. The normalized spacial score (nSPS) is 19.9. The van der Waals surface area contributed by atoms with Gasteiger partial charge in [0.25, 0.3) is 5.56 Å². The summed E-state index contributed by atoms with van der Waals surface area (Å²) in [6.45, 7) is 4.82. The van der Waals surface area contributed by atoms with E-state index in [2.05, 4.69) is 38.4 Å². The fourth-order valence-corrected chi connectivity index (χ4v) is 5.11. The molecule has 32 heavy (non-hydrogen) atoms. The minimum Gasteiger partial charge on any atom is -0.376 e. The highest BCUT2D eigenvalue weighted by atomic mass is 16.5. The number of rotatable bonds is 7. The second kappa shape index (κ2) is 9.50. The number of fused-ring (bicyclic) bond motifs is 1. The zero-order chi connectivity index (χ0) is 21.9. The Morgan fingerprint density at radius 2 is 2.00 bits per heavy atom. The maximum Gasteiger partial charge on any atom is 0.252 e. The Morgan fingerprint density at radius 1 is 1.12 bits per heavy atom. The van der Waals surface area contributed by atoms with Gasteiger partial charge in [0.2, 0.25) is 0 Å². The molecule has 1 aromatic carbocycles. The molecule has 5 rings (SSSR count). The molecule has 2 aliphatic rings. The Hall–Kier alpha value is -2.58. The van der Waals surface area contributed by atoms with Crippen molar-refractivity contribution in [2.24, 2.45) is 0 Å². The Morgan fingerprint density at radius 3 is 2.81 bits per heavy atom. The van der Waals surface area contributed by atoms with Crippen LogP contribution in [-0.2, 0) is 24.4 Å². The number of aromatic amines is 1. The van der Waals surface area contributed by atoms with Crippen LogP contribution in [0.2, 0.25) is 0 Å². The molecule has 1 saturated heterocycles. The zero-order valence-electron chi connectivity index (χ0n) is 18.8. The van der Waals surface area contributed by atoms with Crippen LogP contribution in [0.25, 0.3) is 10.9 Å². The van der Waals surface area contributed by atoms with E-state index in [1.807, 2.05) is 22.9 Å².